The molecule has 0 heterocycles. The number of amides is 1. The molecule has 0 aliphatic heterocycles. The highest BCUT2D eigenvalue weighted by atomic mass is 16.2. The maximum absolute atomic E-state index is 11.5. The fourth-order valence-electron chi connectivity index (χ4n) is 1.59. The van der Waals surface area contributed by atoms with Crippen molar-refractivity contribution in [2.24, 2.45) is 11.0 Å². The number of nitrogens with zero attached hydrogens (tertiary/aromatic N) is 1. The number of hydrogen-bond acceptors (Lipinski definition) is 2. The Morgan fingerprint density at radius 3 is 2.50 bits per heavy atom. The van der Waals surface area contributed by atoms with Gasteiger partial charge in [0.15, 0.2) is 0 Å². The molecule has 0 aliphatic carbocycles. The Morgan fingerprint density at radius 1 is 1.28 bits per heavy atom. The maximum Gasteiger partial charge on any atom is 0.240 e. The lowest BCUT2D eigenvalue weighted by Gasteiger charge is -2.06. The van der Waals surface area contributed by atoms with E-state index >= 15 is 0 Å². The summed E-state index contributed by atoms with van der Waals surface area (Å²) >= 11 is 0. The van der Waals surface area contributed by atoms with Gasteiger partial charge in [0.2, 0.25) is 5.91 Å². The van der Waals surface area contributed by atoms with Gasteiger partial charge in [-0.1, -0.05) is 26.0 Å². The second-order valence-corrected chi connectivity index (χ2v) is 5.13. The molecule has 0 saturated carbocycles. The van der Waals surface area contributed by atoms with Crippen LogP contribution in [0.25, 0.3) is 0 Å². The second-order valence-electron chi connectivity index (χ2n) is 5.13. The highest BCUT2D eigenvalue weighted by Crippen LogP contribution is 2.10. The van der Waals surface area contributed by atoms with E-state index in [-0.39, 0.29) is 5.91 Å². The highest BCUT2D eigenvalue weighted by Gasteiger charge is 2.04. The molecule has 3 nitrogen and oxygen atoms in total. The van der Waals surface area contributed by atoms with Crippen LogP contribution in [0.15, 0.2) is 23.3 Å². The summed E-state index contributed by atoms with van der Waals surface area (Å²) < 4.78 is 0. The van der Waals surface area contributed by atoms with Gasteiger partial charge in [-0.05, 0) is 49.4 Å². The first-order valence-corrected chi connectivity index (χ1v) is 6.31. The number of carbonyl (C=O) groups excluding carboxylic acids is 1. The zero-order valence-electron chi connectivity index (χ0n) is 11.9. The lowest BCUT2D eigenvalue weighted by Crippen LogP contribution is -2.20. The van der Waals surface area contributed by atoms with Gasteiger partial charge in [0, 0.05) is 6.42 Å². The first-order chi connectivity index (χ1) is 8.40. The van der Waals surface area contributed by atoms with Crippen LogP contribution in [-0.4, -0.2) is 11.6 Å². The van der Waals surface area contributed by atoms with Crippen LogP contribution in [0, 0.1) is 19.8 Å². The smallest absolute Gasteiger partial charge is 0.240 e. The Morgan fingerprint density at radius 2 is 1.94 bits per heavy atom. The molecule has 1 rings (SSSR count). The third-order valence-electron chi connectivity index (χ3n) is 2.87. The largest absolute Gasteiger partial charge is 0.273 e. The van der Waals surface area contributed by atoms with Crippen LogP contribution < -0.4 is 5.43 Å². The molecule has 0 aliphatic rings. The Kier molecular flexibility index (Phi) is 5.08. The van der Waals surface area contributed by atoms with Gasteiger partial charge >= 0.3 is 0 Å². The molecule has 0 bridgehead atoms. The molecule has 1 amide bonds. The molecule has 3 heteroatoms. The van der Waals surface area contributed by atoms with Gasteiger partial charge in [-0.3, -0.25) is 4.79 Å². The van der Waals surface area contributed by atoms with E-state index in [4.69, 9.17) is 0 Å². The van der Waals surface area contributed by atoms with E-state index in [0.29, 0.717) is 12.3 Å². The Labute approximate surface area is 109 Å². The van der Waals surface area contributed by atoms with E-state index in [1.165, 1.54) is 11.1 Å². The highest BCUT2D eigenvalue weighted by molar-refractivity contribution is 5.99. The predicted octanol–water partition coefficient (Wildman–Crippen LogP) is 3.19. The number of rotatable bonds is 4. The number of benzene rings is 1. The van der Waals surface area contributed by atoms with Crippen molar-refractivity contribution < 1.29 is 4.79 Å². The molecule has 0 radical (unpaired) electrons. The number of hydrogen-bond donors (Lipinski definition) is 1. The van der Waals surface area contributed by atoms with Crippen molar-refractivity contribution in [3.05, 3.63) is 34.9 Å². The number of aryl methyl sites for hydroxylation is 2. The minimum Gasteiger partial charge on any atom is -0.273 e. The molecule has 1 N–H and O–H groups in total. The van der Waals surface area contributed by atoms with Crippen molar-refractivity contribution in [2.45, 2.75) is 41.0 Å². The monoisotopic (exact) mass is 246 g/mol. The van der Waals surface area contributed by atoms with E-state index in [2.05, 4.69) is 36.5 Å². The molecule has 18 heavy (non-hydrogen) atoms. The molecule has 0 aromatic heterocycles. The van der Waals surface area contributed by atoms with Gasteiger partial charge in [-0.2, -0.15) is 5.10 Å². The minimum atomic E-state index is -0.0341. The standard InChI is InChI=1S/C15H22N2O/c1-10(2)8-15(18)17-16-13(5)14-7-6-11(3)12(4)9-14/h6-7,9-10H,8H2,1-5H3,(H,17,18). The van der Waals surface area contributed by atoms with Gasteiger partial charge in [-0.15, -0.1) is 0 Å². The molecule has 1 aromatic carbocycles. The van der Waals surface area contributed by atoms with E-state index in [9.17, 15) is 4.79 Å². The first-order valence-electron chi connectivity index (χ1n) is 6.31. The summed E-state index contributed by atoms with van der Waals surface area (Å²) in [4.78, 5) is 11.5. The summed E-state index contributed by atoms with van der Waals surface area (Å²) in [5.74, 6) is 0.315. The normalized spacial score (nSPS) is 11.8. The molecular weight excluding hydrogens is 224 g/mol. The van der Waals surface area contributed by atoms with Crippen LogP contribution in [0.1, 0.15) is 43.9 Å². The third kappa shape index (κ3) is 4.32. The quantitative estimate of drug-likeness (QED) is 0.643. The summed E-state index contributed by atoms with van der Waals surface area (Å²) in [5, 5.41) is 4.14. The zero-order valence-corrected chi connectivity index (χ0v) is 11.9. The van der Waals surface area contributed by atoms with Crippen molar-refractivity contribution in [3.8, 4) is 0 Å². The third-order valence-corrected chi connectivity index (χ3v) is 2.87. The SMILES string of the molecule is CC(=NNC(=O)CC(C)C)c1ccc(C)c(C)c1. The van der Waals surface area contributed by atoms with Gasteiger partial charge in [-0.25, -0.2) is 5.43 Å². The minimum absolute atomic E-state index is 0.0341. The van der Waals surface area contributed by atoms with E-state index < -0.39 is 0 Å². The van der Waals surface area contributed by atoms with E-state index in [0.717, 1.165) is 11.3 Å². The van der Waals surface area contributed by atoms with Crippen LogP contribution in [0.2, 0.25) is 0 Å². The number of carbonyl (C=O) groups is 1. The lowest BCUT2D eigenvalue weighted by atomic mass is 10.0. The zero-order chi connectivity index (χ0) is 13.7. The maximum atomic E-state index is 11.5. The summed E-state index contributed by atoms with van der Waals surface area (Å²) in [6.45, 7) is 10.1. The summed E-state index contributed by atoms with van der Waals surface area (Å²) in [7, 11) is 0. The average molecular weight is 246 g/mol. The average Bonchev–Trinajstić information content (AvgIpc) is 2.28. The number of hydrazone groups is 1. The molecule has 0 spiro atoms. The Bertz CT molecular complexity index is 462. The summed E-state index contributed by atoms with van der Waals surface area (Å²) in [5.41, 5.74) is 6.96. The fourth-order valence-corrected chi connectivity index (χ4v) is 1.59. The number of nitrogens with one attached hydrogen (secondary N) is 1. The van der Waals surface area contributed by atoms with Gasteiger partial charge in [0.1, 0.15) is 0 Å². The van der Waals surface area contributed by atoms with Gasteiger partial charge < -0.3 is 0 Å². The van der Waals surface area contributed by atoms with Crippen molar-refractivity contribution in [1.82, 2.24) is 5.43 Å². The molecule has 98 valence electrons. The second kappa shape index (κ2) is 6.34. The van der Waals surface area contributed by atoms with Crippen molar-refractivity contribution in [1.29, 1.82) is 0 Å². The van der Waals surface area contributed by atoms with Gasteiger partial charge in [0.05, 0.1) is 5.71 Å². The molecule has 1 aromatic rings. The first kappa shape index (κ1) is 14.4. The van der Waals surface area contributed by atoms with Crippen LogP contribution in [-0.2, 0) is 4.79 Å². The summed E-state index contributed by atoms with van der Waals surface area (Å²) in [6, 6.07) is 6.18. The predicted molar refractivity (Wildman–Crippen MR) is 75.7 cm³/mol. The molecule has 0 fully saturated rings. The Hall–Kier alpha value is -1.64. The fraction of sp³-hybridized carbons (Fsp3) is 0.467. The van der Waals surface area contributed by atoms with Crippen LogP contribution in [0.4, 0.5) is 0 Å². The van der Waals surface area contributed by atoms with Crippen LogP contribution in [0.3, 0.4) is 0 Å². The van der Waals surface area contributed by atoms with Crippen LogP contribution >= 0.6 is 0 Å². The van der Waals surface area contributed by atoms with Crippen molar-refractivity contribution >= 4 is 11.6 Å². The summed E-state index contributed by atoms with van der Waals surface area (Å²) in [6.07, 6.45) is 0.504. The lowest BCUT2D eigenvalue weighted by molar-refractivity contribution is -0.121. The molecule has 0 unspecified atom stereocenters. The van der Waals surface area contributed by atoms with Crippen molar-refractivity contribution in [3.63, 3.8) is 0 Å². The van der Waals surface area contributed by atoms with E-state index in [1.807, 2.05) is 26.8 Å². The molecular formula is C15H22N2O. The van der Waals surface area contributed by atoms with Gasteiger partial charge in [0.25, 0.3) is 0 Å². The van der Waals surface area contributed by atoms with Crippen LogP contribution in [0.5, 0.6) is 0 Å². The topological polar surface area (TPSA) is 41.5 Å². The molecule has 0 saturated heterocycles. The molecule has 0 atom stereocenters. The van der Waals surface area contributed by atoms with E-state index in [1.54, 1.807) is 0 Å². The Balaban J connectivity index is 2.71. The van der Waals surface area contributed by atoms with Crippen molar-refractivity contribution in [2.75, 3.05) is 0 Å².